The molecule has 4 aromatic rings. The van der Waals surface area contributed by atoms with Gasteiger partial charge in [-0.15, -0.1) is 0 Å². The summed E-state index contributed by atoms with van der Waals surface area (Å²) in [5, 5.41) is 2.49. The molecule has 1 fully saturated rings. The molecule has 0 atom stereocenters. The van der Waals surface area contributed by atoms with Crippen LogP contribution in [0.4, 0.5) is 5.13 Å². The highest BCUT2D eigenvalue weighted by molar-refractivity contribution is 7.99. The molecule has 0 aliphatic carbocycles. The zero-order valence-electron chi connectivity index (χ0n) is 16.6. The van der Waals surface area contributed by atoms with Crippen LogP contribution in [0.1, 0.15) is 6.42 Å². The molecule has 1 aliphatic rings. The van der Waals surface area contributed by atoms with Crippen molar-refractivity contribution in [2.75, 3.05) is 43.4 Å². The minimum atomic E-state index is -0.0610. The number of rotatable bonds is 6. The second kappa shape index (κ2) is 8.75. The Morgan fingerprint density at radius 1 is 0.967 bits per heavy atom. The Hall–Kier alpha value is -2.42. The number of H-pyrrole nitrogens is 1. The van der Waals surface area contributed by atoms with Crippen LogP contribution in [-0.4, -0.2) is 58.3 Å². The van der Waals surface area contributed by atoms with E-state index in [4.69, 9.17) is 4.98 Å². The molecule has 0 amide bonds. The van der Waals surface area contributed by atoms with Crippen LogP contribution in [0.3, 0.4) is 0 Å². The first-order valence-electron chi connectivity index (χ1n) is 10.2. The molecule has 2 aromatic carbocycles. The number of benzene rings is 2. The van der Waals surface area contributed by atoms with E-state index in [9.17, 15) is 4.79 Å². The quantitative estimate of drug-likeness (QED) is 0.281. The Kier molecular flexibility index (Phi) is 5.70. The lowest BCUT2D eigenvalue weighted by Crippen LogP contribution is -2.46. The molecule has 2 aromatic heterocycles. The van der Waals surface area contributed by atoms with Crippen LogP contribution >= 0.6 is 23.1 Å². The summed E-state index contributed by atoms with van der Waals surface area (Å²) in [5.41, 5.74) is 1.79. The molecule has 154 valence electrons. The van der Waals surface area contributed by atoms with E-state index in [-0.39, 0.29) is 5.56 Å². The summed E-state index contributed by atoms with van der Waals surface area (Å²) in [5.74, 6) is 0.944. The van der Waals surface area contributed by atoms with E-state index in [1.807, 2.05) is 30.3 Å². The van der Waals surface area contributed by atoms with Gasteiger partial charge in [-0.1, -0.05) is 47.4 Å². The van der Waals surface area contributed by atoms with E-state index < -0.39 is 0 Å². The van der Waals surface area contributed by atoms with Gasteiger partial charge in [-0.25, -0.2) is 9.97 Å². The number of thiazole rings is 1. The number of nitrogens with zero attached hydrogens (tertiary/aromatic N) is 4. The van der Waals surface area contributed by atoms with Crippen LogP contribution in [-0.2, 0) is 0 Å². The van der Waals surface area contributed by atoms with Gasteiger partial charge in [0.2, 0.25) is 0 Å². The summed E-state index contributed by atoms with van der Waals surface area (Å²) in [7, 11) is 0. The van der Waals surface area contributed by atoms with Crippen molar-refractivity contribution >= 4 is 49.3 Å². The van der Waals surface area contributed by atoms with Gasteiger partial charge >= 0.3 is 0 Å². The molecule has 0 spiro atoms. The van der Waals surface area contributed by atoms with Gasteiger partial charge in [-0.2, -0.15) is 0 Å². The molecule has 5 rings (SSSR count). The van der Waals surface area contributed by atoms with Crippen LogP contribution < -0.4 is 10.5 Å². The minimum Gasteiger partial charge on any atom is -0.345 e. The van der Waals surface area contributed by atoms with Crippen LogP contribution in [0.15, 0.2) is 58.5 Å². The fraction of sp³-hybridized carbons (Fsp3) is 0.318. The first-order valence-corrected chi connectivity index (χ1v) is 12.0. The molecule has 3 heterocycles. The molecule has 1 saturated heterocycles. The topological polar surface area (TPSA) is 65.1 Å². The molecule has 0 unspecified atom stereocenters. The lowest BCUT2D eigenvalue weighted by atomic mass is 10.2. The summed E-state index contributed by atoms with van der Waals surface area (Å²) in [6.07, 6.45) is 1.07. The number of hydrogen-bond donors (Lipinski definition) is 1. The van der Waals surface area contributed by atoms with Crippen LogP contribution in [0.2, 0.25) is 0 Å². The number of aromatic nitrogens is 3. The van der Waals surface area contributed by atoms with E-state index >= 15 is 0 Å². The normalized spacial score (nSPS) is 15.3. The fourth-order valence-electron chi connectivity index (χ4n) is 3.75. The molecule has 8 heteroatoms. The van der Waals surface area contributed by atoms with Crippen molar-refractivity contribution in [3.8, 4) is 0 Å². The average Bonchev–Trinajstić information content (AvgIpc) is 3.22. The first kappa shape index (κ1) is 19.5. The third kappa shape index (κ3) is 4.21. The number of hydrogen-bond acceptors (Lipinski definition) is 7. The minimum absolute atomic E-state index is 0.0610. The van der Waals surface area contributed by atoms with Crippen LogP contribution in [0.25, 0.3) is 21.1 Å². The SMILES string of the molecule is O=c1[nH]c(SCCCN2CCN(c3nc4ccccc4s3)CC2)nc2ccccc12. The first-order chi connectivity index (χ1) is 14.8. The maximum atomic E-state index is 12.2. The number of thioether (sulfide) groups is 1. The molecule has 1 aliphatic heterocycles. The van der Waals surface area contributed by atoms with E-state index in [1.165, 1.54) is 4.70 Å². The van der Waals surface area contributed by atoms with E-state index in [2.05, 4.69) is 38.0 Å². The maximum Gasteiger partial charge on any atom is 0.259 e. The van der Waals surface area contributed by atoms with Gasteiger partial charge in [0, 0.05) is 31.9 Å². The second-order valence-corrected chi connectivity index (χ2v) is 9.48. The number of nitrogens with one attached hydrogen (secondary N) is 1. The zero-order chi connectivity index (χ0) is 20.3. The Morgan fingerprint density at radius 2 is 1.73 bits per heavy atom. The number of anilines is 1. The van der Waals surface area contributed by atoms with Crippen molar-refractivity contribution in [1.29, 1.82) is 0 Å². The predicted octanol–water partition coefficient (Wildman–Crippen LogP) is 3.84. The molecular weight excluding hydrogens is 414 g/mol. The maximum absolute atomic E-state index is 12.2. The van der Waals surface area contributed by atoms with Gasteiger partial charge in [0.1, 0.15) is 0 Å². The monoisotopic (exact) mass is 437 g/mol. The lowest BCUT2D eigenvalue weighted by Gasteiger charge is -2.34. The Labute approximate surface area is 183 Å². The number of para-hydroxylation sites is 2. The van der Waals surface area contributed by atoms with Crippen molar-refractivity contribution < 1.29 is 0 Å². The molecule has 6 nitrogen and oxygen atoms in total. The Bertz CT molecular complexity index is 1180. The molecule has 1 N–H and O–H groups in total. The summed E-state index contributed by atoms with van der Waals surface area (Å²) in [6.45, 7) is 5.23. The lowest BCUT2D eigenvalue weighted by molar-refractivity contribution is 0.259. The molecule has 0 radical (unpaired) electrons. The molecule has 30 heavy (non-hydrogen) atoms. The Morgan fingerprint density at radius 3 is 2.57 bits per heavy atom. The molecule has 0 bridgehead atoms. The Balaban J connectivity index is 1.10. The standard InChI is InChI=1S/C22H23N5OS2/c28-20-16-6-1-2-7-17(16)23-21(25-20)29-15-5-10-26-11-13-27(14-12-26)22-24-18-8-3-4-9-19(18)30-22/h1-4,6-9H,5,10-15H2,(H,23,25,28). The molecule has 0 saturated carbocycles. The van der Waals surface area contributed by atoms with E-state index in [0.717, 1.165) is 61.1 Å². The third-order valence-electron chi connectivity index (χ3n) is 5.37. The smallest absolute Gasteiger partial charge is 0.259 e. The highest BCUT2D eigenvalue weighted by Crippen LogP contribution is 2.29. The summed E-state index contributed by atoms with van der Waals surface area (Å²) in [6, 6.07) is 15.8. The van der Waals surface area contributed by atoms with Crippen molar-refractivity contribution in [2.24, 2.45) is 0 Å². The largest absolute Gasteiger partial charge is 0.345 e. The van der Waals surface area contributed by atoms with Gasteiger partial charge in [-0.3, -0.25) is 9.69 Å². The highest BCUT2D eigenvalue weighted by Gasteiger charge is 2.19. The van der Waals surface area contributed by atoms with Crippen LogP contribution in [0.5, 0.6) is 0 Å². The highest BCUT2D eigenvalue weighted by atomic mass is 32.2. The third-order valence-corrected chi connectivity index (χ3v) is 7.43. The van der Waals surface area contributed by atoms with E-state index in [0.29, 0.717) is 10.5 Å². The second-order valence-electron chi connectivity index (χ2n) is 7.38. The average molecular weight is 438 g/mol. The fourth-order valence-corrected chi connectivity index (χ4v) is 5.56. The van der Waals surface area contributed by atoms with Gasteiger partial charge in [0.05, 0.1) is 21.1 Å². The van der Waals surface area contributed by atoms with Gasteiger partial charge in [-0.05, 0) is 37.2 Å². The van der Waals surface area contributed by atoms with Crippen LogP contribution in [0, 0.1) is 0 Å². The molecular formula is C22H23N5OS2. The van der Waals surface area contributed by atoms with Crippen molar-refractivity contribution in [3.63, 3.8) is 0 Å². The van der Waals surface area contributed by atoms with Crippen molar-refractivity contribution in [2.45, 2.75) is 11.6 Å². The predicted molar refractivity (Wildman–Crippen MR) is 126 cm³/mol. The van der Waals surface area contributed by atoms with Crippen molar-refractivity contribution in [3.05, 3.63) is 58.9 Å². The number of fused-ring (bicyclic) bond motifs is 2. The van der Waals surface area contributed by atoms with Gasteiger partial charge < -0.3 is 9.88 Å². The summed E-state index contributed by atoms with van der Waals surface area (Å²) in [4.78, 5) is 29.3. The number of piperazine rings is 1. The number of aromatic amines is 1. The van der Waals surface area contributed by atoms with Gasteiger partial charge in [0.15, 0.2) is 10.3 Å². The summed E-state index contributed by atoms with van der Waals surface area (Å²) >= 11 is 3.41. The van der Waals surface area contributed by atoms with Gasteiger partial charge in [0.25, 0.3) is 5.56 Å². The zero-order valence-corrected chi connectivity index (χ0v) is 18.2. The van der Waals surface area contributed by atoms with Crippen molar-refractivity contribution in [1.82, 2.24) is 19.9 Å². The van der Waals surface area contributed by atoms with E-state index in [1.54, 1.807) is 23.1 Å². The summed E-state index contributed by atoms with van der Waals surface area (Å²) < 4.78 is 1.26.